The first-order valence-corrected chi connectivity index (χ1v) is 7.63. The van der Waals surface area contributed by atoms with Crippen molar-refractivity contribution in [2.75, 3.05) is 0 Å². The van der Waals surface area contributed by atoms with Gasteiger partial charge in [-0.05, 0) is 42.8 Å². The van der Waals surface area contributed by atoms with Crippen LogP contribution in [0.25, 0.3) is 5.82 Å². The number of benzene rings is 1. The fourth-order valence-corrected chi connectivity index (χ4v) is 2.39. The average molecular weight is 330 g/mol. The van der Waals surface area contributed by atoms with Crippen molar-refractivity contribution in [3.05, 3.63) is 52.3 Å². The molecule has 3 aromatic rings. The van der Waals surface area contributed by atoms with Gasteiger partial charge < -0.3 is 9.30 Å². The Morgan fingerprint density at radius 3 is 2.75 bits per heavy atom. The van der Waals surface area contributed by atoms with Gasteiger partial charge >= 0.3 is 5.69 Å². The Hall–Kier alpha value is -2.90. The van der Waals surface area contributed by atoms with Gasteiger partial charge in [-0.25, -0.2) is 9.78 Å². The quantitative estimate of drug-likeness (QED) is 0.710. The molecular formula is C16H20N6O2. The maximum absolute atomic E-state index is 12.2. The molecule has 0 saturated carbocycles. The lowest BCUT2D eigenvalue weighted by molar-refractivity contribution is 0.289. The molecule has 0 aliphatic carbocycles. The first-order valence-electron chi connectivity index (χ1n) is 8.13. The molecule has 0 bridgehead atoms. The van der Waals surface area contributed by atoms with Crippen molar-refractivity contribution in [3.63, 3.8) is 0 Å². The molecule has 0 amide bonds. The zero-order valence-electron chi connectivity index (χ0n) is 15.1. The van der Waals surface area contributed by atoms with Gasteiger partial charge in [0.15, 0.2) is 5.82 Å². The molecule has 0 radical (unpaired) electrons. The highest BCUT2D eigenvalue weighted by Gasteiger charge is 2.19. The summed E-state index contributed by atoms with van der Waals surface area (Å²) in [5, 5.41) is 7.60. The van der Waals surface area contributed by atoms with Gasteiger partial charge in [0, 0.05) is 13.1 Å². The molecule has 24 heavy (non-hydrogen) atoms. The minimum atomic E-state index is -0.370. The number of aryl methyl sites for hydroxylation is 2. The van der Waals surface area contributed by atoms with Crippen molar-refractivity contribution < 1.29 is 6.11 Å². The Kier molecular flexibility index (Phi) is 3.86. The van der Waals surface area contributed by atoms with Crippen LogP contribution in [0.5, 0.6) is 5.75 Å². The summed E-state index contributed by atoms with van der Waals surface area (Å²) in [4.78, 5) is 16.5. The fourth-order valence-electron chi connectivity index (χ4n) is 2.39. The van der Waals surface area contributed by atoms with E-state index in [1.165, 1.54) is 7.05 Å². The molecule has 126 valence electrons. The minimum Gasteiger partial charge on any atom is -0.487 e. The van der Waals surface area contributed by atoms with E-state index >= 15 is 0 Å². The van der Waals surface area contributed by atoms with Crippen LogP contribution in [-0.4, -0.2) is 29.3 Å². The van der Waals surface area contributed by atoms with Gasteiger partial charge in [0.1, 0.15) is 18.1 Å². The van der Waals surface area contributed by atoms with Gasteiger partial charge in [-0.3, -0.25) is 0 Å². The monoisotopic (exact) mass is 330 g/mol. The molecule has 0 aliphatic rings. The number of rotatable bonds is 5. The molecule has 2 heterocycles. The number of imidazole rings is 1. The first kappa shape index (κ1) is 14.7. The SMILES string of the molecule is [3H]c1ccc(OCc2c(-n3nnn(C)c3=O)ncn2C(C)C)c(C)c1. The summed E-state index contributed by atoms with van der Waals surface area (Å²) < 4.78 is 17.8. The van der Waals surface area contributed by atoms with Crippen LogP contribution in [0.15, 0.2) is 35.4 Å². The molecule has 0 saturated heterocycles. The van der Waals surface area contributed by atoms with E-state index in [1.54, 1.807) is 24.5 Å². The molecule has 2 aromatic heterocycles. The lowest BCUT2D eigenvalue weighted by Crippen LogP contribution is -2.23. The molecule has 0 spiro atoms. The van der Waals surface area contributed by atoms with Gasteiger partial charge in [-0.1, -0.05) is 18.2 Å². The van der Waals surface area contributed by atoms with Crippen molar-refractivity contribution in [1.29, 1.82) is 0 Å². The Bertz CT molecular complexity index is 956. The predicted molar refractivity (Wildman–Crippen MR) is 88.3 cm³/mol. The third-order valence-corrected chi connectivity index (χ3v) is 3.74. The molecule has 0 fully saturated rings. The van der Waals surface area contributed by atoms with E-state index < -0.39 is 0 Å². The van der Waals surface area contributed by atoms with Gasteiger partial charge in [-0.2, -0.15) is 4.68 Å². The second-order valence-electron chi connectivity index (χ2n) is 5.79. The van der Waals surface area contributed by atoms with Crippen molar-refractivity contribution >= 4 is 0 Å². The molecule has 0 unspecified atom stereocenters. The van der Waals surface area contributed by atoms with Crippen LogP contribution in [0.4, 0.5) is 0 Å². The molecular weight excluding hydrogens is 308 g/mol. The zero-order chi connectivity index (χ0) is 18.1. The second-order valence-corrected chi connectivity index (χ2v) is 5.79. The van der Waals surface area contributed by atoms with E-state index in [9.17, 15) is 4.79 Å². The molecule has 0 N–H and O–H groups in total. The van der Waals surface area contributed by atoms with Crippen LogP contribution in [-0.2, 0) is 13.7 Å². The number of ether oxygens (including phenoxy) is 1. The van der Waals surface area contributed by atoms with E-state index in [-0.39, 0.29) is 18.3 Å². The summed E-state index contributed by atoms with van der Waals surface area (Å²) in [6.45, 7) is 6.15. The van der Waals surface area contributed by atoms with Crippen LogP contribution in [0, 0.1) is 6.92 Å². The Labute approximate surface area is 140 Å². The Morgan fingerprint density at radius 1 is 1.33 bits per heavy atom. The maximum Gasteiger partial charge on any atom is 0.369 e. The third-order valence-electron chi connectivity index (χ3n) is 3.74. The smallest absolute Gasteiger partial charge is 0.369 e. The lowest BCUT2D eigenvalue weighted by Gasteiger charge is -2.14. The third kappa shape index (κ3) is 2.82. The summed E-state index contributed by atoms with van der Waals surface area (Å²) in [5.74, 6) is 1.09. The van der Waals surface area contributed by atoms with Gasteiger partial charge in [0.25, 0.3) is 0 Å². The van der Waals surface area contributed by atoms with Crippen molar-refractivity contribution in [2.24, 2.45) is 7.05 Å². The Balaban J connectivity index is 1.97. The van der Waals surface area contributed by atoms with E-state index in [4.69, 9.17) is 6.11 Å². The summed E-state index contributed by atoms with van der Waals surface area (Å²) in [6.07, 6.45) is 1.67. The van der Waals surface area contributed by atoms with Crippen LogP contribution < -0.4 is 10.4 Å². The summed E-state index contributed by atoms with van der Waals surface area (Å²) in [5.41, 5.74) is 1.23. The van der Waals surface area contributed by atoms with Gasteiger partial charge in [-0.15, -0.1) is 4.68 Å². The zero-order valence-corrected chi connectivity index (χ0v) is 14.1. The number of para-hydroxylation sites is 1. The molecule has 8 nitrogen and oxygen atoms in total. The highest BCUT2D eigenvalue weighted by molar-refractivity contribution is 5.33. The van der Waals surface area contributed by atoms with E-state index in [0.29, 0.717) is 17.6 Å². The highest BCUT2D eigenvalue weighted by Crippen LogP contribution is 2.21. The van der Waals surface area contributed by atoms with Crippen LogP contribution in [0.1, 0.15) is 32.5 Å². The van der Waals surface area contributed by atoms with Crippen molar-refractivity contribution in [3.8, 4) is 11.6 Å². The molecule has 3 rings (SSSR count). The molecule has 1 aromatic carbocycles. The van der Waals surface area contributed by atoms with E-state index in [0.717, 1.165) is 20.6 Å². The number of hydrogen-bond acceptors (Lipinski definition) is 5. The molecule has 8 heteroatoms. The largest absolute Gasteiger partial charge is 0.487 e. The standard InChI is InChI=1S/C16H20N6O2/c1-11(2)21-10-17-15(22-16(23)20(4)18-19-22)13(21)9-24-14-8-6-5-7-12(14)3/h5-8,10-11H,9H2,1-4H3/i5T. The summed E-state index contributed by atoms with van der Waals surface area (Å²) in [6, 6.07) is 5.76. The topological polar surface area (TPSA) is 79.8 Å². The van der Waals surface area contributed by atoms with E-state index in [1.807, 2.05) is 25.3 Å². The number of hydrogen-bond donors (Lipinski definition) is 0. The normalized spacial score (nSPS) is 11.8. The number of nitrogens with zero attached hydrogens (tertiary/aromatic N) is 6. The average Bonchev–Trinajstić information content (AvgIpc) is 3.11. The van der Waals surface area contributed by atoms with Crippen LogP contribution in [0.2, 0.25) is 0 Å². The van der Waals surface area contributed by atoms with Crippen molar-refractivity contribution in [2.45, 2.75) is 33.4 Å². The molecule has 0 atom stereocenters. The van der Waals surface area contributed by atoms with Crippen LogP contribution >= 0.6 is 0 Å². The molecule has 0 aliphatic heterocycles. The number of aromatic nitrogens is 6. The second kappa shape index (κ2) is 6.31. The van der Waals surface area contributed by atoms with Gasteiger partial charge in [0.05, 0.1) is 7.70 Å². The summed E-state index contributed by atoms with van der Waals surface area (Å²) in [7, 11) is 1.53. The number of tetrazole rings is 1. The van der Waals surface area contributed by atoms with Crippen molar-refractivity contribution in [1.82, 2.24) is 29.3 Å². The fraction of sp³-hybridized carbons (Fsp3) is 0.375. The predicted octanol–water partition coefficient (Wildman–Crippen LogP) is 1.63. The van der Waals surface area contributed by atoms with Crippen LogP contribution in [0.3, 0.4) is 0 Å². The maximum atomic E-state index is 12.2. The minimum absolute atomic E-state index is 0.143. The highest BCUT2D eigenvalue weighted by atomic mass is 16.5. The summed E-state index contributed by atoms with van der Waals surface area (Å²) >= 11 is 0. The lowest BCUT2D eigenvalue weighted by atomic mass is 10.2. The Morgan fingerprint density at radius 2 is 2.12 bits per heavy atom. The first-order chi connectivity index (χ1) is 11.9. The van der Waals surface area contributed by atoms with E-state index in [2.05, 4.69) is 15.4 Å². The van der Waals surface area contributed by atoms with Gasteiger partial charge in [0.2, 0.25) is 0 Å².